The minimum absolute atomic E-state index is 0.0142. The van der Waals surface area contributed by atoms with E-state index in [0.717, 1.165) is 7.11 Å². The molecule has 2 aromatic heterocycles. The Morgan fingerprint density at radius 2 is 1.84 bits per heavy atom. The maximum atomic E-state index is 13.1. The molecule has 0 aliphatic rings. The van der Waals surface area contributed by atoms with Crippen LogP contribution in [-0.2, 0) is 16.0 Å². The van der Waals surface area contributed by atoms with E-state index in [-0.39, 0.29) is 17.3 Å². The number of hydrogen-bond acceptors (Lipinski definition) is 6. The third-order valence-corrected chi connectivity index (χ3v) is 4.19. The van der Waals surface area contributed by atoms with Crippen molar-refractivity contribution >= 4 is 28.6 Å². The van der Waals surface area contributed by atoms with Crippen LogP contribution in [0.3, 0.4) is 0 Å². The summed E-state index contributed by atoms with van der Waals surface area (Å²) >= 11 is 0. The van der Waals surface area contributed by atoms with Gasteiger partial charge in [-0.05, 0) is 35.7 Å². The summed E-state index contributed by atoms with van der Waals surface area (Å²) < 4.78 is 55.3. The molecule has 3 aromatic rings. The molecule has 1 aromatic carbocycles. The van der Waals surface area contributed by atoms with E-state index < -0.39 is 47.6 Å². The van der Waals surface area contributed by atoms with Crippen molar-refractivity contribution < 1.29 is 37.0 Å². The molecule has 0 fully saturated rings. The maximum Gasteiger partial charge on any atom is 0.397 e. The van der Waals surface area contributed by atoms with Crippen LogP contribution >= 0.6 is 0 Å². The Morgan fingerprint density at radius 3 is 2.45 bits per heavy atom. The minimum atomic E-state index is -4.76. The fourth-order valence-corrected chi connectivity index (χ4v) is 2.84. The van der Waals surface area contributed by atoms with Gasteiger partial charge in [-0.1, -0.05) is 12.1 Å². The second kappa shape index (κ2) is 8.54. The zero-order valence-electron chi connectivity index (χ0n) is 16.0. The van der Waals surface area contributed by atoms with Crippen molar-refractivity contribution in [3.8, 4) is 5.75 Å². The van der Waals surface area contributed by atoms with Crippen LogP contribution < -0.4 is 5.32 Å². The number of esters is 1. The van der Waals surface area contributed by atoms with Crippen LogP contribution in [0.15, 0.2) is 36.5 Å². The van der Waals surface area contributed by atoms with Crippen LogP contribution in [-0.4, -0.2) is 40.2 Å². The molecule has 0 saturated carbocycles. The highest BCUT2D eigenvalue weighted by molar-refractivity contribution is 6.05. The third kappa shape index (κ3) is 5.24. The normalized spacial score (nSPS) is 11.4. The molecule has 2 heterocycles. The first kappa shape index (κ1) is 21.9. The number of methoxy groups -OCH3 is 1. The van der Waals surface area contributed by atoms with Crippen LogP contribution in [0.1, 0.15) is 28.0 Å². The topological polar surface area (TPSA) is 101 Å². The molecule has 0 spiro atoms. The first-order valence-electron chi connectivity index (χ1n) is 8.78. The molecule has 162 valence electrons. The summed E-state index contributed by atoms with van der Waals surface area (Å²) in [5.74, 6) is -3.94. The van der Waals surface area contributed by atoms with Crippen molar-refractivity contribution in [2.75, 3.05) is 12.4 Å². The predicted octanol–water partition coefficient (Wildman–Crippen LogP) is 3.74. The summed E-state index contributed by atoms with van der Waals surface area (Å²) in [4.78, 5) is 31.6. The first-order chi connectivity index (χ1) is 14.6. The number of benzene rings is 1. The Labute approximate surface area is 172 Å². The Kier molecular flexibility index (Phi) is 6.04. The average molecular weight is 437 g/mol. The van der Waals surface area contributed by atoms with Crippen molar-refractivity contribution in [1.82, 2.24) is 9.97 Å². The van der Waals surface area contributed by atoms with Crippen molar-refractivity contribution in [1.29, 1.82) is 0 Å². The Bertz CT molecular complexity index is 1150. The number of pyridine rings is 2. The number of rotatable bonds is 5. The fraction of sp³-hybridized carbons (Fsp3) is 0.200. The van der Waals surface area contributed by atoms with Gasteiger partial charge in [0.15, 0.2) is 11.4 Å². The zero-order valence-corrected chi connectivity index (χ0v) is 16.0. The number of aromatic hydroxyl groups is 1. The van der Waals surface area contributed by atoms with Crippen molar-refractivity contribution in [2.24, 2.45) is 0 Å². The SMILES string of the molecule is COC(=O)c1nc(NC(=O)CC(F)(F)F)c2cc(Cc3ccc(F)cc3)cnc2c1O. The number of aromatic nitrogens is 2. The van der Waals surface area contributed by atoms with Gasteiger partial charge >= 0.3 is 12.1 Å². The van der Waals surface area contributed by atoms with Crippen molar-refractivity contribution in [3.05, 3.63) is 59.2 Å². The second-order valence-corrected chi connectivity index (χ2v) is 6.53. The average Bonchev–Trinajstić information content (AvgIpc) is 2.70. The second-order valence-electron chi connectivity index (χ2n) is 6.53. The number of nitrogens with one attached hydrogen (secondary N) is 1. The zero-order chi connectivity index (χ0) is 22.8. The summed E-state index contributed by atoms with van der Waals surface area (Å²) in [5, 5.41) is 12.4. The number of ether oxygens (including phenoxy) is 1. The van der Waals surface area contributed by atoms with Crippen LogP contribution in [0.2, 0.25) is 0 Å². The number of halogens is 4. The largest absolute Gasteiger partial charge is 0.504 e. The van der Waals surface area contributed by atoms with Gasteiger partial charge in [-0.2, -0.15) is 13.2 Å². The Morgan fingerprint density at radius 1 is 1.16 bits per heavy atom. The number of amides is 1. The molecular formula is C20H15F4N3O4. The molecule has 0 unspecified atom stereocenters. The van der Waals surface area contributed by atoms with Gasteiger partial charge in [-0.25, -0.2) is 14.2 Å². The monoisotopic (exact) mass is 437 g/mol. The van der Waals surface area contributed by atoms with E-state index in [0.29, 0.717) is 11.1 Å². The minimum Gasteiger partial charge on any atom is -0.504 e. The van der Waals surface area contributed by atoms with E-state index in [1.807, 2.05) is 5.32 Å². The lowest BCUT2D eigenvalue weighted by Crippen LogP contribution is -2.22. The standard InChI is InChI=1S/C20H15F4N3O4/c1-31-19(30)16-17(29)15-13(18(27-16)26-14(28)8-20(22,23)24)7-11(9-25-15)6-10-2-4-12(21)5-3-10/h2-5,7,9,29H,6,8H2,1H3,(H,26,27,28). The molecule has 0 saturated heterocycles. The highest BCUT2D eigenvalue weighted by Crippen LogP contribution is 2.32. The molecular weight excluding hydrogens is 422 g/mol. The summed E-state index contributed by atoms with van der Waals surface area (Å²) in [6.07, 6.45) is -4.88. The Balaban J connectivity index is 2.07. The molecule has 2 N–H and O–H groups in total. The van der Waals surface area contributed by atoms with Crippen LogP contribution in [0, 0.1) is 5.82 Å². The highest BCUT2D eigenvalue weighted by atomic mass is 19.4. The number of fused-ring (bicyclic) bond motifs is 1. The molecule has 0 bridgehead atoms. The smallest absolute Gasteiger partial charge is 0.397 e. The number of carbonyl (C=O) groups is 2. The molecule has 11 heteroatoms. The van der Waals surface area contributed by atoms with Crippen LogP contribution in [0.5, 0.6) is 5.75 Å². The molecule has 7 nitrogen and oxygen atoms in total. The highest BCUT2D eigenvalue weighted by Gasteiger charge is 2.32. The number of anilines is 1. The summed E-state index contributed by atoms with van der Waals surface area (Å²) in [6.45, 7) is 0. The molecule has 0 radical (unpaired) electrons. The van der Waals surface area contributed by atoms with E-state index in [1.54, 1.807) is 12.1 Å². The van der Waals surface area contributed by atoms with Gasteiger partial charge in [0.05, 0.1) is 7.11 Å². The number of hydrogen-bond donors (Lipinski definition) is 2. The first-order valence-corrected chi connectivity index (χ1v) is 8.78. The lowest BCUT2D eigenvalue weighted by molar-refractivity contribution is -0.150. The van der Waals surface area contributed by atoms with Crippen molar-refractivity contribution in [3.63, 3.8) is 0 Å². The van der Waals surface area contributed by atoms with E-state index >= 15 is 0 Å². The lowest BCUT2D eigenvalue weighted by Gasteiger charge is -2.13. The molecule has 1 amide bonds. The van der Waals surface area contributed by atoms with Gasteiger partial charge in [0.2, 0.25) is 5.91 Å². The predicted molar refractivity (Wildman–Crippen MR) is 101 cm³/mol. The van der Waals surface area contributed by atoms with Gasteiger partial charge in [-0.15, -0.1) is 0 Å². The van der Waals surface area contributed by atoms with Crippen LogP contribution in [0.4, 0.5) is 23.4 Å². The summed E-state index contributed by atoms with van der Waals surface area (Å²) in [5.41, 5.74) is 0.475. The molecule has 3 rings (SSSR count). The van der Waals surface area contributed by atoms with E-state index in [2.05, 4.69) is 14.7 Å². The van der Waals surface area contributed by atoms with Gasteiger partial charge in [0.1, 0.15) is 23.6 Å². The number of nitrogens with zero attached hydrogens (tertiary/aromatic N) is 2. The quantitative estimate of drug-likeness (QED) is 0.466. The number of carbonyl (C=O) groups excluding carboxylic acids is 2. The van der Waals surface area contributed by atoms with E-state index in [9.17, 15) is 32.3 Å². The van der Waals surface area contributed by atoms with Crippen molar-refractivity contribution in [2.45, 2.75) is 19.0 Å². The summed E-state index contributed by atoms with van der Waals surface area (Å²) in [6, 6.07) is 7.07. The molecule has 0 aliphatic carbocycles. The van der Waals surface area contributed by atoms with Gasteiger partial charge in [0, 0.05) is 11.6 Å². The van der Waals surface area contributed by atoms with Gasteiger partial charge < -0.3 is 15.2 Å². The van der Waals surface area contributed by atoms with Crippen LogP contribution in [0.25, 0.3) is 10.9 Å². The van der Waals surface area contributed by atoms with E-state index in [1.165, 1.54) is 24.4 Å². The molecule has 0 aliphatic heterocycles. The third-order valence-electron chi connectivity index (χ3n) is 4.19. The molecule has 0 atom stereocenters. The van der Waals surface area contributed by atoms with E-state index in [4.69, 9.17) is 0 Å². The number of alkyl halides is 3. The summed E-state index contributed by atoms with van der Waals surface area (Å²) in [7, 11) is 1.02. The Hall–Kier alpha value is -3.76. The fourth-order valence-electron chi connectivity index (χ4n) is 2.84. The lowest BCUT2D eigenvalue weighted by atomic mass is 10.0. The molecule has 31 heavy (non-hydrogen) atoms. The van der Waals surface area contributed by atoms with Gasteiger partial charge in [0.25, 0.3) is 0 Å². The maximum absolute atomic E-state index is 13.1. The van der Waals surface area contributed by atoms with Gasteiger partial charge in [-0.3, -0.25) is 9.78 Å².